The van der Waals surface area contributed by atoms with E-state index in [0.717, 1.165) is 15.7 Å². The lowest BCUT2D eigenvalue weighted by Crippen LogP contribution is -2.08. The van der Waals surface area contributed by atoms with Gasteiger partial charge >= 0.3 is 0 Å². The van der Waals surface area contributed by atoms with Gasteiger partial charge in [0.1, 0.15) is 0 Å². The van der Waals surface area contributed by atoms with Crippen LogP contribution in [0, 0.1) is 5.92 Å². The molecule has 1 heterocycles. The maximum atomic E-state index is 2.36. The third-order valence-electron chi connectivity index (χ3n) is 4.36. The molecule has 2 aliphatic rings. The predicted octanol–water partition coefficient (Wildman–Crippen LogP) is 5.31. The van der Waals surface area contributed by atoms with Crippen LogP contribution in [0.25, 0.3) is 10.8 Å². The van der Waals surface area contributed by atoms with E-state index in [2.05, 4.69) is 66.0 Å². The van der Waals surface area contributed by atoms with E-state index in [1.165, 1.54) is 41.4 Å². The zero-order chi connectivity index (χ0) is 12.7. The maximum Gasteiger partial charge on any atom is 0.0537 e. The van der Waals surface area contributed by atoms with Crippen molar-refractivity contribution < 1.29 is 0 Å². The number of thioether (sulfide) groups is 2. The van der Waals surface area contributed by atoms with Crippen LogP contribution in [0.15, 0.2) is 42.5 Å². The Morgan fingerprint density at radius 1 is 1.05 bits per heavy atom. The first-order valence-electron chi connectivity index (χ1n) is 7.13. The van der Waals surface area contributed by atoms with Crippen LogP contribution in [-0.2, 0) is 5.75 Å². The molecule has 0 aromatic heterocycles. The maximum absolute atomic E-state index is 2.36. The largest absolute Gasteiger partial charge is 0.144 e. The van der Waals surface area contributed by atoms with Gasteiger partial charge < -0.3 is 0 Å². The van der Waals surface area contributed by atoms with Crippen molar-refractivity contribution >= 4 is 34.3 Å². The first-order chi connectivity index (χ1) is 9.38. The van der Waals surface area contributed by atoms with E-state index in [0.29, 0.717) is 0 Å². The van der Waals surface area contributed by atoms with Crippen molar-refractivity contribution in [1.29, 1.82) is 0 Å². The summed E-state index contributed by atoms with van der Waals surface area (Å²) in [5, 5.41) is 3.71. The van der Waals surface area contributed by atoms with Crippen LogP contribution in [0.1, 0.15) is 24.8 Å². The van der Waals surface area contributed by atoms with Crippen LogP contribution in [-0.4, -0.2) is 9.83 Å². The van der Waals surface area contributed by atoms with Gasteiger partial charge in [-0.3, -0.25) is 0 Å². The van der Waals surface area contributed by atoms with Crippen molar-refractivity contribution in [2.45, 2.75) is 34.8 Å². The molecular weight excluding hydrogens is 268 g/mol. The number of fused-ring (bicyclic) bond motifs is 3. The Bertz CT molecular complexity index is 593. The second-order valence-corrected chi connectivity index (χ2v) is 8.57. The van der Waals surface area contributed by atoms with Crippen LogP contribution in [0.2, 0.25) is 0 Å². The molecule has 19 heavy (non-hydrogen) atoms. The average Bonchev–Trinajstić information content (AvgIpc) is 3.07. The van der Waals surface area contributed by atoms with E-state index < -0.39 is 0 Å². The molecule has 0 radical (unpaired) electrons. The fraction of sp³-hybridized carbons (Fsp3) is 0.412. The molecule has 0 nitrogen and oxygen atoms in total. The van der Waals surface area contributed by atoms with E-state index in [9.17, 15) is 0 Å². The third kappa shape index (κ3) is 2.41. The summed E-state index contributed by atoms with van der Waals surface area (Å²) in [6.07, 6.45) is 4.44. The fourth-order valence-electron chi connectivity index (χ4n) is 3.33. The molecule has 0 amide bonds. The standard InChI is InChI=1S/C17H18S2/c1-2-4-14-9-12(5-6-13(14)3-1)11-18-17-15-7-8-16(10-15)19-17/h1-6,9,15-17H,7-8,10-11H2/t15-,16+,17?/m1/s1. The molecule has 1 saturated carbocycles. The molecule has 1 aliphatic heterocycles. The summed E-state index contributed by atoms with van der Waals surface area (Å²) in [7, 11) is 0. The molecule has 1 aliphatic carbocycles. The number of hydrogen-bond donors (Lipinski definition) is 0. The highest BCUT2D eigenvalue weighted by Gasteiger charge is 2.40. The monoisotopic (exact) mass is 286 g/mol. The summed E-state index contributed by atoms with van der Waals surface area (Å²) in [5.41, 5.74) is 1.48. The molecule has 2 fully saturated rings. The van der Waals surface area contributed by atoms with Gasteiger partial charge in [-0.2, -0.15) is 0 Å². The summed E-state index contributed by atoms with van der Waals surface area (Å²) in [4.78, 5) is 0. The lowest BCUT2D eigenvalue weighted by atomic mass is 10.1. The van der Waals surface area contributed by atoms with Crippen molar-refractivity contribution in [3.63, 3.8) is 0 Å². The first-order valence-corrected chi connectivity index (χ1v) is 9.12. The van der Waals surface area contributed by atoms with Gasteiger partial charge in [0.15, 0.2) is 0 Å². The van der Waals surface area contributed by atoms with E-state index in [-0.39, 0.29) is 0 Å². The van der Waals surface area contributed by atoms with Gasteiger partial charge in [-0.1, -0.05) is 42.5 Å². The molecule has 0 N–H and O–H groups in total. The van der Waals surface area contributed by atoms with Crippen molar-refractivity contribution in [2.24, 2.45) is 5.92 Å². The number of benzene rings is 2. The molecule has 4 rings (SSSR count). The van der Waals surface area contributed by atoms with Crippen LogP contribution in [0.3, 0.4) is 0 Å². The minimum atomic E-state index is 0.866. The van der Waals surface area contributed by atoms with Gasteiger partial charge in [0.25, 0.3) is 0 Å². The number of rotatable bonds is 3. The van der Waals surface area contributed by atoms with Crippen molar-refractivity contribution in [3.05, 3.63) is 48.0 Å². The molecule has 0 spiro atoms. The minimum Gasteiger partial charge on any atom is -0.144 e. The Morgan fingerprint density at radius 2 is 1.95 bits per heavy atom. The summed E-state index contributed by atoms with van der Waals surface area (Å²) in [6, 6.07) is 15.6. The topological polar surface area (TPSA) is 0 Å². The molecule has 2 aromatic carbocycles. The van der Waals surface area contributed by atoms with Gasteiger partial charge in [-0.25, -0.2) is 0 Å². The fourth-order valence-corrected chi connectivity index (χ4v) is 6.85. The number of hydrogen-bond acceptors (Lipinski definition) is 2. The molecule has 1 saturated heterocycles. The normalized spacial score (nSPS) is 29.2. The highest BCUT2D eigenvalue weighted by Crippen LogP contribution is 2.53. The average molecular weight is 286 g/mol. The lowest BCUT2D eigenvalue weighted by Gasteiger charge is -2.20. The summed E-state index contributed by atoms with van der Waals surface area (Å²) in [5.74, 6) is 2.17. The van der Waals surface area contributed by atoms with Crippen LogP contribution >= 0.6 is 23.5 Å². The molecule has 2 heteroatoms. The Kier molecular flexibility index (Phi) is 3.24. The van der Waals surface area contributed by atoms with Crippen LogP contribution in [0.5, 0.6) is 0 Å². The Labute approximate surface area is 123 Å². The van der Waals surface area contributed by atoms with Crippen molar-refractivity contribution in [3.8, 4) is 0 Å². The van der Waals surface area contributed by atoms with Gasteiger partial charge in [-0.15, -0.1) is 23.5 Å². The lowest BCUT2D eigenvalue weighted by molar-refractivity contribution is 0.614. The van der Waals surface area contributed by atoms with Gasteiger partial charge in [0, 0.05) is 11.0 Å². The quantitative estimate of drug-likeness (QED) is 0.749. The van der Waals surface area contributed by atoms with E-state index in [1.807, 2.05) is 0 Å². The van der Waals surface area contributed by atoms with Crippen molar-refractivity contribution in [2.75, 3.05) is 0 Å². The third-order valence-corrected chi connectivity index (χ3v) is 7.79. The van der Waals surface area contributed by atoms with Gasteiger partial charge in [-0.05, 0) is 41.5 Å². The Balaban J connectivity index is 1.46. The van der Waals surface area contributed by atoms with Crippen molar-refractivity contribution in [1.82, 2.24) is 0 Å². The Hall–Kier alpha value is -0.600. The summed E-state index contributed by atoms with van der Waals surface area (Å²) < 4.78 is 0.866. The molecule has 3 atom stereocenters. The Morgan fingerprint density at radius 3 is 2.74 bits per heavy atom. The predicted molar refractivity (Wildman–Crippen MR) is 87.8 cm³/mol. The molecular formula is C17H18S2. The molecule has 2 aromatic rings. The molecule has 1 unspecified atom stereocenters. The van der Waals surface area contributed by atoms with Gasteiger partial charge in [0.05, 0.1) is 4.58 Å². The summed E-state index contributed by atoms with van der Waals surface area (Å²) in [6.45, 7) is 0. The van der Waals surface area contributed by atoms with E-state index in [4.69, 9.17) is 0 Å². The van der Waals surface area contributed by atoms with Crippen LogP contribution < -0.4 is 0 Å². The highest BCUT2D eigenvalue weighted by atomic mass is 32.2. The second-order valence-electron chi connectivity index (χ2n) is 5.69. The SMILES string of the molecule is c1ccc2cc(CSC3S[C@H]4CC[C@@H]3C4)ccc2c1. The minimum absolute atomic E-state index is 0.866. The molecule has 98 valence electrons. The van der Waals surface area contributed by atoms with Gasteiger partial charge in [0.2, 0.25) is 0 Å². The van der Waals surface area contributed by atoms with Crippen LogP contribution in [0.4, 0.5) is 0 Å². The highest BCUT2D eigenvalue weighted by molar-refractivity contribution is 8.17. The van der Waals surface area contributed by atoms with E-state index >= 15 is 0 Å². The second kappa shape index (κ2) is 5.06. The zero-order valence-corrected chi connectivity index (χ0v) is 12.6. The zero-order valence-electron chi connectivity index (χ0n) is 10.9. The summed E-state index contributed by atoms with van der Waals surface area (Å²) >= 11 is 4.42. The molecule has 2 bridgehead atoms. The first kappa shape index (κ1) is 12.2. The smallest absolute Gasteiger partial charge is 0.0537 e. The van der Waals surface area contributed by atoms with E-state index in [1.54, 1.807) is 0 Å².